The third-order valence-corrected chi connectivity index (χ3v) is 7.14. The second-order valence-corrected chi connectivity index (χ2v) is 9.27. The number of aryl methyl sites for hydroxylation is 2. The molecule has 0 spiro atoms. The Morgan fingerprint density at radius 3 is 2.59 bits per heavy atom. The molecular weight excluding hydrogens is 492 g/mol. The molecule has 1 aliphatic rings. The summed E-state index contributed by atoms with van der Waals surface area (Å²) in [5, 5.41) is 11.4. The molecule has 1 N–H and O–H groups in total. The first kappa shape index (κ1) is 25.8. The van der Waals surface area contributed by atoms with Crippen LogP contribution in [0.3, 0.4) is 0 Å². The smallest absolute Gasteiger partial charge is 0.350 e. The van der Waals surface area contributed by atoms with E-state index < -0.39 is 23.7 Å². The highest BCUT2D eigenvalue weighted by molar-refractivity contribution is 7.17. The first-order chi connectivity index (χ1) is 17.8. The van der Waals surface area contributed by atoms with Crippen LogP contribution in [0, 0.1) is 6.92 Å². The zero-order chi connectivity index (χ0) is 26.7. The minimum Gasteiger partial charge on any atom is -0.507 e. The first-order valence-electron chi connectivity index (χ1n) is 11.6. The highest BCUT2D eigenvalue weighted by atomic mass is 32.1. The number of Topliss-reactive ketones (excluding diaryl/α,β-unsaturated/α-hetero) is 1. The molecule has 0 radical (unpaired) electrons. The Kier molecular flexibility index (Phi) is 7.54. The number of rotatable bonds is 8. The van der Waals surface area contributed by atoms with Crippen molar-refractivity contribution < 1.29 is 29.0 Å². The molecule has 1 unspecified atom stereocenters. The van der Waals surface area contributed by atoms with Crippen LogP contribution in [-0.4, -0.2) is 41.5 Å². The number of methoxy groups -OCH3 is 1. The van der Waals surface area contributed by atoms with E-state index >= 15 is 0 Å². The van der Waals surface area contributed by atoms with Gasteiger partial charge in [0, 0.05) is 5.56 Å². The van der Waals surface area contributed by atoms with Gasteiger partial charge in [0.15, 0.2) is 5.13 Å². The Bertz CT molecular complexity index is 1410. The summed E-state index contributed by atoms with van der Waals surface area (Å²) in [5.41, 5.74) is 2.31. The fourth-order valence-corrected chi connectivity index (χ4v) is 5.07. The molecule has 2 aromatic carbocycles. The molecule has 0 aliphatic carbocycles. The molecule has 4 rings (SSSR count). The van der Waals surface area contributed by atoms with Crippen LogP contribution in [0.1, 0.15) is 45.0 Å². The number of amides is 1. The van der Waals surface area contributed by atoms with E-state index in [1.54, 1.807) is 31.2 Å². The number of anilines is 1. The Morgan fingerprint density at radius 1 is 1.22 bits per heavy atom. The van der Waals surface area contributed by atoms with E-state index in [2.05, 4.69) is 11.6 Å². The largest absolute Gasteiger partial charge is 0.507 e. The van der Waals surface area contributed by atoms with E-state index in [-0.39, 0.29) is 27.9 Å². The molecule has 1 aliphatic heterocycles. The molecule has 0 bridgehead atoms. The number of ether oxygens (including phenoxy) is 2. The number of hydrogen-bond acceptors (Lipinski definition) is 8. The number of aliphatic hydroxyl groups is 1. The normalized spacial score (nSPS) is 16.6. The fraction of sp³-hybridized carbons (Fsp3) is 0.214. The zero-order valence-electron chi connectivity index (χ0n) is 20.7. The van der Waals surface area contributed by atoms with E-state index in [0.717, 1.165) is 23.3 Å². The van der Waals surface area contributed by atoms with Crippen molar-refractivity contribution in [3.05, 3.63) is 94.0 Å². The highest BCUT2D eigenvalue weighted by Gasteiger charge is 2.48. The highest BCUT2D eigenvalue weighted by Crippen LogP contribution is 2.44. The lowest BCUT2D eigenvalue weighted by Crippen LogP contribution is -2.29. The van der Waals surface area contributed by atoms with E-state index in [1.807, 2.05) is 31.2 Å². The van der Waals surface area contributed by atoms with Crippen LogP contribution in [0.4, 0.5) is 5.13 Å². The van der Waals surface area contributed by atoms with Gasteiger partial charge in [0.05, 0.1) is 24.4 Å². The maximum atomic E-state index is 13.4. The molecule has 1 saturated heterocycles. The van der Waals surface area contributed by atoms with Crippen molar-refractivity contribution in [2.24, 2.45) is 0 Å². The van der Waals surface area contributed by atoms with E-state index in [4.69, 9.17) is 9.47 Å². The number of nitrogens with zero attached hydrogens (tertiary/aromatic N) is 2. The summed E-state index contributed by atoms with van der Waals surface area (Å²) in [7, 11) is 1.50. The predicted octanol–water partition coefficient (Wildman–Crippen LogP) is 4.99. The lowest BCUT2D eigenvalue weighted by atomic mass is 9.94. The van der Waals surface area contributed by atoms with Crippen LogP contribution in [0.2, 0.25) is 0 Å². The summed E-state index contributed by atoms with van der Waals surface area (Å²) in [6.07, 6.45) is 2.26. The third-order valence-electron chi connectivity index (χ3n) is 6.00. The van der Waals surface area contributed by atoms with E-state index in [0.29, 0.717) is 22.6 Å². The number of carbonyl (C=O) groups excluding carboxylic acids is 3. The van der Waals surface area contributed by atoms with Crippen LogP contribution in [-0.2, 0) is 20.7 Å². The molecule has 3 aromatic rings. The number of thiazole rings is 1. The summed E-state index contributed by atoms with van der Waals surface area (Å²) in [6, 6.07) is 13.1. The van der Waals surface area contributed by atoms with Gasteiger partial charge >= 0.3 is 11.9 Å². The standard InChI is InChI=1S/C28H26N2O6S/c1-5-14-36-27(34)25-16(3)29-28(37-25)30-22(18-12-10-17(6-2)11-13-18)21(24(32)26(30)33)23(31)19-8-7-9-20(15-19)35-4/h5,7-13,15,22,31H,1,6,14H2,2-4H3/b23-21+. The lowest BCUT2D eigenvalue weighted by Gasteiger charge is -2.23. The van der Waals surface area contributed by atoms with Crippen LogP contribution < -0.4 is 9.64 Å². The molecule has 1 aromatic heterocycles. The van der Waals surface area contributed by atoms with Gasteiger partial charge in [-0.1, -0.05) is 67.3 Å². The summed E-state index contributed by atoms with van der Waals surface area (Å²) in [4.78, 5) is 45.1. The maximum Gasteiger partial charge on any atom is 0.350 e. The van der Waals surface area contributed by atoms with Gasteiger partial charge in [-0.2, -0.15) is 0 Å². The number of carbonyl (C=O) groups is 3. The first-order valence-corrected chi connectivity index (χ1v) is 12.4. The van der Waals surface area contributed by atoms with Crippen LogP contribution in [0.5, 0.6) is 5.75 Å². The van der Waals surface area contributed by atoms with Gasteiger partial charge in [0.1, 0.15) is 23.0 Å². The summed E-state index contributed by atoms with van der Waals surface area (Å²) >= 11 is 0.951. The van der Waals surface area contributed by atoms with Gasteiger partial charge in [-0.25, -0.2) is 9.78 Å². The van der Waals surface area contributed by atoms with Crippen molar-refractivity contribution in [1.29, 1.82) is 0 Å². The molecule has 37 heavy (non-hydrogen) atoms. The second kappa shape index (κ2) is 10.8. The Labute approximate surface area is 218 Å². The summed E-state index contributed by atoms with van der Waals surface area (Å²) in [5.74, 6) is -2.15. The summed E-state index contributed by atoms with van der Waals surface area (Å²) < 4.78 is 10.4. The molecule has 1 amide bonds. The van der Waals surface area contributed by atoms with Crippen molar-refractivity contribution in [2.45, 2.75) is 26.3 Å². The minimum atomic E-state index is -0.959. The van der Waals surface area contributed by atoms with Gasteiger partial charge in [-0.15, -0.1) is 0 Å². The topological polar surface area (TPSA) is 106 Å². The SMILES string of the molecule is C=CCOC(=O)c1sc(N2C(=O)C(=O)/C(=C(/O)c3cccc(OC)c3)C2c2ccc(CC)cc2)nc1C. The molecule has 0 saturated carbocycles. The number of ketones is 1. The zero-order valence-corrected chi connectivity index (χ0v) is 21.5. The number of esters is 1. The molecule has 9 heteroatoms. The third kappa shape index (κ3) is 4.90. The molecule has 1 fully saturated rings. The van der Waals surface area contributed by atoms with Crippen LogP contribution in [0.15, 0.2) is 66.8 Å². The monoisotopic (exact) mass is 518 g/mol. The van der Waals surface area contributed by atoms with Crippen molar-refractivity contribution in [1.82, 2.24) is 4.98 Å². The van der Waals surface area contributed by atoms with Crippen LogP contribution in [0.25, 0.3) is 5.76 Å². The predicted molar refractivity (Wildman–Crippen MR) is 141 cm³/mol. The van der Waals surface area contributed by atoms with Crippen molar-refractivity contribution in [2.75, 3.05) is 18.6 Å². The Balaban J connectivity index is 1.89. The van der Waals surface area contributed by atoms with E-state index in [1.165, 1.54) is 18.1 Å². The Hall–Kier alpha value is -4.24. The molecule has 8 nitrogen and oxygen atoms in total. The maximum absolute atomic E-state index is 13.4. The summed E-state index contributed by atoms with van der Waals surface area (Å²) in [6.45, 7) is 7.21. The molecule has 2 heterocycles. The lowest BCUT2D eigenvalue weighted by molar-refractivity contribution is -0.132. The minimum absolute atomic E-state index is 0.0281. The molecular formula is C28H26N2O6S. The number of aromatic nitrogens is 1. The second-order valence-electron chi connectivity index (χ2n) is 8.29. The average Bonchev–Trinajstić information content (AvgIpc) is 3.43. The quantitative estimate of drug-likeness (QED) is 0.147. The van der Waals surface area contributed by atoms with E-state index in [9.17, 15) is 19.5 Å². The van der Waals surface area contributed by atoms with Crippen molar-refractivity contribution in [3.8, 4) is 5.75 Å². The van der Waals surface area contributed by atoms with Gasteiger partial charge in [0.25, 0.3) is 5.78 Å². The van der Waals surface area contributed by atoms with Gasteiger partial charge in [-0.05, 0) is 36.6 Å². The molecule has 1 atom stereocenters. The number of aliphatic hydroxyl groups excluding tert-OH is 1. The van der Waals surface area contributed by atoms with Crippen LogP contribution >= 0.6 is 11.3 Å². The number of benzene rings is 2. The van der Waals surface area contributed by atoms with Gasteiger partial charge in [0.2, 0.25) is 0 Å². The fourth-order valence-electron chi connectivity index (χ4n) is 4.08. The number of hydrogen-bond donors (Lipinski definition) is 1. The van der Waals surface area contributed by atoms with Crippen molar-refractivity contribution >= 4 is 39.9 Å². The average molecular weight is 519 g/mol. The van der Waals surface area contributed by atoms with Gasteiger partial charge in [-0.3, -0.25) is 14.5 Å². The van der Waals surface area contributed by atoms with Crippen molar-refractivity contribution in [3.63, 3.8) is 0 Å². The molecule has 190 valence electrons. The Morgan fingerprint density at radius 2 is 1.95 bits per heavy atom. The van der Waals surface area contributed by atoms with Gasteiger partial charge < -0.3 is 14.6 Å².